The summed E-state index contributed by atoms with van der Waals surface area (Å²) in [6.07, 6.45) is 4.09. The smallest absolute Gasteiger partial charge is 0.303 e. The van der Waals surface area contributed by atoms with Crippen LogP contribution in [0.1, 0.15) is 101 Å². The fourth-order valence-corrected chi connectivity index (χ4v) is 9.45. The van der Waals surface area contributed by atoms with Crippen molar-refractivity contribution >= 4 is 11.9 Å². The first kappa shape index (κ1) is 31.0. The zero-order valence-electron chi connectivity index (χ0n) is 26.2. The van der Waals surface area contributed by atoms with Gasteiger partial charge in [0.15, 0.2) is 0 Å². The van der Waals surface area contributed by atoms with Crippen molar-refractivity contribution in [2.75, 3.05) is 0 Å². The maximum Gasteiger partial charge on any atom is 0.303 e. The third-order valence-corrected chi connectivity index (χ3v) is 11.4. The van der Waals surface area contributed by atoms with Gasteiger partial charge in [-0.15, -0.1) is 0 Å². The van der Waals surface area contributed by atoms with Gasteiger partial charge in [0.1, 0.15) is 18.3 Å². The Morgan fingerprint density at radius 3 is 2.23 bits per heavy atom. The fourth-order valence-electron chi connectivity index (χ4n) is 9.45. The Morgan fingerprint density at radius 2 is 1.65 bits per heavy atom. The summed E-state index contributed by atoms with van der Waals surface area (Å²) in [5.41, 5.74) is 3.02. The highest BCUT2D eigenvalue weighted by atomic mass is 16.6. The van der Waals surface area contributed by atoms with E-state index in [2.05, 4.69) is 61.1 Å². The molecule has 0 radical (unpaired) electrons. The van der Waals surface area contributed by atoms with Crippen LogP contribution < -0.4 is 0 Å². The summed E-state index contributed by atoms with van der Waals surface area (Å²) in [5, 5.41) is 23.6. The Bertz CT molecular complexity index is 1110. The van der Waals surface area contributed by atoms with E-state index in [4.69, 9.17) is 9.47 Å². The van der Waals surface area contributed by atoms with E-state index in [-0.39, 0.29) is 11.8 Å². The molecule has 0 aliphatic heterocycles. The molecule has 0 aromatic rings. The lowest BCUT2D eigenvalue weighted by Crippen LogP contribution is -2.63. The lowest BCUT2D eigenvalue weighted by Gasteiger charge is -2.62. The van der Waals surface area contributed by atoms with E-state index in [0.29, 0.717) is 18.3 Å². The van der Waals surface area contributed by atoms with Crippen molar-refractivity contribution in [1.29, 1.82) is 0 Å². The van der Waals surface area contributed by atoms with Crippen LogP contribution in [0.2, 0.25) is 0 Å². The van der Waals surface area contributed by atoms with E-state index in [1.807, 2.05) is 0 Å². The van der Waals surface area contributed by atoms with E-state index in [0.717, 1.165) is 37.7 Å². The Hall–Kier alpha value is -1.92. The first-order valence-electron chi connectivity index (χ1n) is 15.3. The molecule has 0 bridgehead atoms. The van der Waals surface area contributed by atoms with Gasteiger partial charge in [0, 0.05) is 24.7 Å². The highest BCUT2D eigenvalue weighted by Crippen LogP contribution is 2.67. The van der Waals surface area contributed by atoms with Crippen molar-refractivity contribution < 1.29 is 29.3 Å². The summed E-state index contributed by atoms with van der Waals surface area (Å²) in [6, 6.07) is 0. The monoisotopic (exact) mass is 556 g/mol. The minimum atomic E-state index is -0.972. The van der Waals surface area contributed by atoms with Gasteiger partial charge >= 0.3 is 11.9 Å². The Balaban J connectivity index is 1.77. The van der Waals surface area contributed by atoms with Crippen LogP contribution in [-0.4, -0.2) is 46.6 Å². The second-order valence-corrected chi connectivity index (χ2v) is 14.6. The maximum absolute atomic E-state index is 12.5. The number of fused-ring (bicyclic) bond motifs is 4. The third kappa shape index (κ3) is 4.81. The van der Waals surface area contributed by atoms with Crippen LogP contribution in [0.15, 0.2) is 34.9 Å². The predicted molar refractivity (Wildman–Crippen MR) is 156 cm³/mol. The molecule has 4 rings (SSSR count). The zero-order valence-corrected chi connectivity index (χ0v) is 26.2. The van der Waals surface area contributed by atoms with Gasteiger partial charge in [-0.25, -0.2) is 0 Å². The van der Waals surface area contributed by atoms with Gasteiger partial charge in [0.25, 0.3) is 0 Å². The second-order valence-electron chi connectivity index (χ2n) is 14.6. The Labute approximate surface area is 241 Å². The van der Waals surface area contributed by atoms with Gasteiger partial charge < -0.3 is 19.7 Å². The molecule has 6 nitrogen and oxygen atoms in total. The Morgan fingerprint density at radius 1 is 1.05 bits per heavy atom. The summed E-state index contributed by atoms with van der Waals surface area (Å²) < 4.78 is 11.8. The van der Waals surface area contributed by atoms with Crippen molar-refractivity contribution in [2.24, 2.45) is 39.9 Å². The molecule has 0 spiro atoms. The summed E-state index contributed by atoms with van der Waals surface area (Å²) >= 11 is 0. The molecular formula is C34H52O6. The molecule has 0 amide bonds. The van der Waals surface area contributed by atoms with Gasteiger partial charge in [-0.3, -0.25) is 9.59 Å². The molecule has 0 aromatic heterocycles. The van der Waals surface area contributed by atoms with E-state index < -0.39 is 52.6 Å². The van der Waals surface area contributed by atoms with Gasteiger partial charge in [-0.1, -0.05) is 66.7 Å². The fraction of sp³-hybridized carbons (Fsp3) is 0.765. The predicted octanol–water partition coefficient (Wildman–Crippen LogP) is 6.31. The van der Waals surface area contributed by atoms with Crippen LogP contribution in [0.25, 0.3) is 0 Å². The zero-order chi connectivity index (χ0) is 29.9. The SMILES string of the molecule is C=C(CCC(C)C1CC=C2C3=C(C(O)C(OC(C)=O)C21C)C1(C)CC(O)C(OC(C)=O)C(C)(C)C1CC3)C(C)C. The van der Waals surface area contributed by atoms with Crippen molar-refractivity contribution in [2.45, 2.75) is 125 Å². The Kier molecular flexibility index (Phi) is 8.32. The summed E-state index contributed by atoms with van der Waals surface area (Å²) in [6.45, 7) is 22.2. The lowest BCUT2D eigenvalue weighted by atomic mass is 9.45. The van der Waals surface area contributed by atoms with E-state index in [1.54, 1.807) is 0 Å². The van der Waals surface area contributed by atoms with Crippen LogP contribution >= 0.6 is 0 Å². The van der Waals surface area contributed by atoms with Crippen LogP contribution in [0.4, 0.5) is 0 Å². The minimum absolute atomic E-state index is 0.0715. The number of esters is 2. The number of allylic oxidation sites excluding steroid dienone is 3. The van der Waals surface area contributed by atoms with Crippen LogP contribution in [-0.2, 0) is 19.1 Å². The first-order chi connectivity index (χ1) is 18.5. The van der Waals surface area contributed by atoms with Gasteiger partial charge in [-0.2, -0.15) is 0 Å². The molecule has 4 aliphatic carbocycles. The van der Waals surface area contributed by atoms with Crippen molar-refractivity contribution in [3.8, 4) is 0 Å². The van der Waals surface area contributed by atoms with Crippen LogP contribution in [0.3, 0.4) is 0 Å². The van der Waals surface area contributed by atoms with Crippen molar-refractivity contribution in [1.82, 2.24) is 0 Å². The number of rotatable bonds is 7. The second kappa shape index (κ2) is 10.7. The van der Waals surface area contributed by atoms with Crippen molar-refractivity contribution in [3.63, 3.8) is 0 Å². The van der Waals surface area contributed by atoms with E-state index in [1.165, 1.54) is 30.6 Å². The molecule has 2 N–H and O–H groups in total. The summed E-state index contributed by atoms with van der Waals surface area (Å²) in [7, 11) is 0. The maximum atomic E-state index is 12.5. The first-order valence-corrected chi connectivity index (χ1v) is 15.3. The normalized spacial score (nSPS) is 39.0. The molecule has 40 heavy (non-hydrogen) atoms. The molecular weight excluding hydrogens is 504 g/mol. The van der Waals surface area contributed by atoms with Crippen molar-refractivity contribution in [3.05, 3.63) is 34.9 Å². The number of carbonyl (C=O) groups is 2. The number of aliphatic hydroxyl groups excluding tert-OH is 2. The van der Waals surface area contributed by atoms with E-state index in [9.17, 15) is 19.8 Å². The molecule has 9 atom stereocenters. The molecule has 224 valence electrons. The quantitative estimate of drug-likeness (QED) is 0.282. The van der Waals surface area contributed by atoms with E-state index >= 15 is 0 Å². The molecule has 0 saturated heterocycles. The van der Waals surface area contributed by atoms with Gasteiger partial charge in [0.2, 0.25) is 0 Å². The molecule has 0 heterocycles. The molecule has 9 unspecified atom stereocenters. The van der Waals surface area contributed by atoms with Gasteiger partial charge in [0.05, 0.1) is 6.10 Å². The third-order valence-electron chi connectivity index (χ3n) is 11.4. The highest BCUT2D eigenvalue weighted by molar-refractivity contribution is 5.67. The number of hydrogen-bond donors (Lipinski definition) is 2. The molecule has 0 aromatic carbocycles. The number of ether oxygens (including phenoxy) is 2. The summed E-state index contributed by atoms with van der Waals surface area (Å²) in [5.74, 6) is 0.313. The molecule has 4 aliphatic rings. The lowest BCUT2D eigenvalue weighted by molar-refractivity contribution is -0.196. The standard InChI is InChI=1S/C34H52O6/c1-18(2)19(3)11-12-20(4)24-14-15-25-23-13-16-27-32(7,8)30(39-21(5)35)26(37)17-33(27,9)28(23)29(38)31(34(24,25)10)40-22(6)36/h15,18,20,24,26-27,29-31,37-38H,3,11-14,16-17H2,1-2,4-10H3. The minimum Gasteiger partial charge on any atom is -0.459 e. The van der Waals surface area contributed by atoms with Crippen LogP contribution in [0.5, 0.6) is 0 Å². The summed E-state index contributed by atoms with van der Waals surface area (Å²) in [4.78, 5) is 24.4. The number of hydrogen-bond acceptors (Lipinski definition) is 6. The highest BCUT2D eigenvalue weighted by Gasteiger charge is 2.65. The molecule has 1 fully saturated rings. The average Bonchev–Trinajstić information content (AvgIpc) is 3.19. The number of carbonyl (C=O) groups excluding carboxylic acids is 2. The molecule has 6 heteroatoms. The van der Waals surface area contributed by atoms with Gasteiger partial charge in [-0.05, 0) is 84.3 Å². The van der Waals surface area contributed by atoms with Crippen LogP contribution in [0, 0.1) is 39.9 Å². The number of aliphatic hydroxyl groups is 2. The average molecular weight is 557 g/mol. The topological polar surface area (TPSA) is 93.1 Å². The largest absolute Gasteiger partial charge is 0.459 e. The molecule has 1 saturated carbocycles.